The van der Waals surface area contributed by atoms with Gasteiger partial charge in [0.2, 0.25) is 0 Å². The topological polar surface area (TPSA) is 66.0 Å². The minimum atomic E-state index is -0.460. The molecule has 1 N–H and O–H groups in total. The van der Waals surface area contributed by atoms with Gasteiger partial charge in [0.25, 0.3) is 0 Å². The standard InChI is InChI=1S/C18H26BNO5/c1-17(2)18(3,4)25-19(24-17)13-7-6-12-8-9-23-15(14(12)10-13)11-20-16(21)22-5/h6-7,10,15H,8-9,11H2,1-5H3,(H,20,21). The van der Waals surface area contributed by atoms with Crippen LogP contribution in [0.3, 0.4) is 0 Å². The van der Waals surface area contributed by atoms with Gasteiger partial charge in [0.05, 0.1) is 31.5 Å². The Kier molecular flexibility index (Phi) is 4.83. The molecule has 1 unspecified atom stereocenters. The third-order valence-corrected chi connectivity index (χ3v) is 5.35. The van der Waals surface area contributed by atoms with E-state index in [9.17, 15) is 4.79 Å². The number of nitrogens with one attached hydrogen (secondary N) is 1. The van der Waals surface area contributed by atoms with Crippen LogP contribution in [0.5, 0.6) is 0 Å². The van der Waals surface area contributed by atoms with Crippen molar-refractivity contribution in [2.45, 2.75) is 51.4 Å². The van der Waals surface area contributed by atoms with E-state index in [1.165, 1.54) is 12.7 Å². The van der Waals surface area contributed by atoms with E-state index >= 15 is 0 Å². The second-order valence-electron chi connectivity index (χ2n) is 7.53. The maximum Gasteiger partial charge on any atom is 0.494 e. The number of fused-ring (bicyclic) bond motifs is 1. The number of carbonyl (C=O) groups is 1. The number of methoxy groups -OCH3 is 1. The Hall–Kier alpha value is -1.57. The zero-order valence-electron chi connectivity index (χ0n) is 15.5. The molecule has 3 rings (SSSR count). The van der Waals surface area contributed by atoms with Crippen molar-refractivity contribution in [2.24, 2.45) is 0 Å². The van der Waals surface area contributed by atoms with Crippen molar-refractivity contribution in [3.63, 3.8) is 0 Å². The highest BCUT2D eigenvalue weighted by molar-refractivity contribution is 6.62. The van der Waals surface area contributed by atoms with Crippen molar-refractivity contribution in [2.75, 3.05) is 20.3 Å². The fraction of sp³-hybridized carbons (Fsp3) is 0.611. The lowest BCUT2D eigenvalue weighted by Crippen LogP contribution is -2.41. The molecule has 1 amide bonds. The van der Waals surface area contributed by atoms with Crippen LogP contribution in [0, 0.1) is 0 Å². The summed E-state index contributed by atoms with van der Waals surface area (Å²) in [5, 5.41) is 2.71. The van der Waals surface area contributed by atoms with Gasteiger partial charge in [0.15, 0.2) is 0 Å². The maximum atomic E-state index is 11.4. The summed E-state index contributed by atoms with van der Waals surface area (Å²) in [5.74, 6) is 0. The average Bonchev–Trinajstić information content (AvgIpc) is 2.79. The predicted molar refractivity (Wildman–Crippen MR) is 95.0 cm³/mol. The SMILES string of the molecule is COC(=O)NCC1OCCc2ccc(B3OC(C)(C)C(C)(C)O3)cc21. The van der Waals surface area contributed by atoms with Crippen molar-refractivity contribution in [1.82, 2.24) is 5.32 Å². The first kappa shape index (κ1) is 18.2. The predicted octanol–water partition coefficient (Wildman–Crippen LogP) is 1.96. The summed E-state index contributed by atoms with van der Waals surface area (Å²) in [5.41, 5.74) is 2.50. The van der Waals surface area contributed by atoms with Crippen LogP contribution in [0.1, 0.15) is 44.9 Å². The first-order chi connectivity index (χ1) is 11.7. The number of ether oxygens (including phenoxy) is 2. The molecular formula is C18H26BNO5. The van der Waals surface area contributed by atoms with Crippen LogP contribution in [0.4, 0.5) is 4.79 Å². The molecule has 7 heteroatoms. The molecular weight excluding hydrogens is 321 g/mol. The lowest BCUT2D eigenvalue weighted by atomic mass is 9.76. The van der Waals surface area contributed by atoms with Crippen molar-refractivity contribution in [1.29, 1.82) is 0 Å². The first-order valence-corrected chi connectivity index (χ1v) is 8.65. The number of amides is 1. The summed E-state index contributed by atoms with van der Waals surface area (Å²) in [6.45, 7) is 9.16. The molecule has 2 heterocycles. The molecule has 25 heavy (non-hydrogen) atoms. The van der Waals surface area contributed by atoms with Crippen LogP contribution in [0.2, 0.25) is 0 Å². The molecule has 1 aromatic carbocycles. The van der Waals surface area contributed by atoms with Crippen molar-refractivity contribution < 1.29 is 23.6 Å². The van der Waals surface area contributed by atoms with Crippen LogP contribution in [0.15, 0.2) is 18.2 Å². The number of hydrogen-bond acceptors (Lipinski definition) is 5. The summed E-state index contributed by atoms with van der Waals surface area (Å²) in [6, 6.07) is 6.22. The number of hydrogen-bond donors (Lipinski definition) is 1. The number of rotatable bonds is 3. The van der Waals surface area contributed by atoms with Gasteiger partial charge in [0.1, 0.15) is 6.10 Å². The molecule has 1 saturated heterocycles. The van der Waals surface area contributed by atoms with Gasteiger partial charge in [-0.15, -0.1) is 0 Å². The third kappa shape index (κ3) is 3.54. The molecule has 2 aliphatic heterocycles. The van der Waals surface area contributed by atoms with Gasteiger partial charge in [-0.3, -0.25) is 0 Å². The second-order valence-corrected chi connectivity index (χ2v) is 7.53. The summed E-state index contributed by atoms with van der Waals surface area (Å²) in [6.07, 6.45) is 0.191. The van der Waals surface area contributed by atoms with Crippen molar-refractivity contribution >= 4 is 18.7 Å². The summed E-state index contributed by atoms with van der Waals surface area (Å²) in [7, 11) is 0.938. The quantitative estimate of drug-likeness (QED) is 0.847. The Morgan fingerprint density at radius 3 is 2.60 bits per heavy atom. The Balaban J connectivity index is 1.82. The fourth-order valence-electron chi connectivity index (χ4n) is 3.08. The molecule has 0 radical (unpaired) electrons. The molecule has 0 bridgehead atoms. The van der Waals surface area contributed by atoms with Crippen molar-refractivity contribution in [3.05, 3.63) is 29.3 Å². The average molecular weight is 347 g/mol. The number of carbonyl (C=O) groups excluding carboxylic acids is 1. The van der Waals surface area contributed by atoms with Gasteiger partial charge in [-0.2, -0.15) is 0 Å². The Morgan fingerprint density at radius 2 is 1.96 bits per heavy atom. The van der Waals surface area contributed by atoms with Crippen LogP contribution >= 0.6 is 0 Å². The molecule has 1 aromatic rings. The van der Waals surface area contributed by atoms with Gasteiger partial charge < -0.3 is 24.1 Å². The summed E-state index contributed by atoms with van der Waals surface area (Å²) >= 11 is 0. The second kappa shape index (κ2) is 6.63. The highest BCUT2D eigenvalue weighted by atomic mass is 16.7. The van der Waals surface area contributed by atoms with Gasteiger partial charge in [-0.25, -0.2) is 4.79 Å². The minimum absolute atomic E-state index is 0.203. The van der Waals surface area contributed by atoms with E-state index < -0.39 is 13.2 Å². The van der Waals surface area contributed by atoms with E-state index in [1.807, 2.05) is 27.7 Å². The van der Waals surface area contributed by atoms with Gasteiger partial charge in [-0.1, -0.05) is 18.2 Å². The van der Waals surface area contributed by atoms with E-state index in [1.54, 1.807) is 0 Å². The molecule has 1 fully saturated rings. The molecule has 136 valence electrons. The van der Waals surface area contributed by atoms with Crippen LogP contribution in [0.25, 0.3) is 0 Å². The van der Waals surface area contributed by atoms with Crippen LogP contribution in [-0.2, 0) is 25.2 Å². The summed E-state index contributed by atoms with van der Waals surface area (Å²) in [4.78, 5) is 11.4. The highest BCUT2D eigenvalue weighted by Crippen LogP contribution is 2.37. The number of benzene rings is 1. The lowest BCUT2D eigenvalue weighted by molar-refractivity contribution is 0.00578. The zero-order valence-corrected chi connectivity index (χ0v) is 15.5. The molecule has 2 aliphatic rings. The molecule has 0 spiro atoms. The van der Waals surface area contributed by atoms with E-state index in [4.69, 9.17) is 14.0 Å². The smallest absolute Gasteiger partial charge is 0.453 e. The molecule has 0 aliphatic carbocycles. The first-order valence-electron chi connectivity index (χ1n) is 8.65. The van der Waals surface area contributed by atoms with Gasteiger partial charge >= 0.3 is 13.2 Å². The summed E-state index contributed by atoms with van der Waals surface area (Å²) < 4.78 is 22.8. The zero-order chi connectivity index (χ0) is 18.2. The van der Waals surface area contributed by atoms with Crippen LogP contribution < -0.4 is 10.8 Å². The minimum Gasteiger partial charge on any atom is -0.453 e. The third-order valence-electron chi connectivity index (χ3n) is 5.35. The highest BCUT2D eigenvalue weighted by Gasteiger charge is 2.51. The largest absolute Gasteiger partial charge is 0.494 e. The van der Waals surface area contributed by atoms with E-state index in [-0.39, 0.29) is 17.3 Å². The van der Waals surface area contributed by atoms with Gasteiger partial charge in [0, 0.05) is 0 Å². The van der Waals surface area contributed by atoms with Crippen molar-refractivity contribution in [3.8, 4) is 0 Å². The lowest BCUT2D eigenvalue weighted by Gasteiger charge is -2.32. The van der Waals surface area contributed by atoms with E-state index in [0.717, 1.165) is 17.4 Å². The molecule has 0 saturated carbocycles. The van der Waals surface area contributed by atoms with Gasteiger partial charge in [-0.05, 0) is 50.7 Å². The molecule has 6 nitrogen and oxygen atoms in total. The normalized spacial score (nSPS) is 23.9. The Morgan fingerprint density at radius 1 is 1.28 bits per heavy atom. The number of alkyl carbamates (subject to hydrolysis) is 1. The Labute approximate surface area is 149 Å². The molecule has 1 atom stereocenters. The van der Waals surface area contributed by atoms with E-state index in [2.05, 4.69) is 28.3 Å². The van der Waals surface area contributed by atoms with E-state index in [0.29, 0.717) is 13.2 Å². The Bertz CT molecular complexity index is 645. The van der Waals surface area contributed by atoms with Crippen LogP contribution in [-0.4, -0.2) is 44.7 Å². The fourth-order valence-corrected chi connectivity index (χ4v) is 3.08. The maximum absolute atomic E-state index is 11.4. The molecule has 0 aromatic heterocycles. The monoisotopic (exact) mass is 347 g/mol.